The van der Waals surface area contributed by atoms with Crippen molar-refractivity contribution in [3.8, 4) is 28.7 Å². The molecule has 1 N–H and O–H groups in total. The molecule has 8 rings (SSSR count). The monoisotopic (exact) mass is 740 g/mol. The van der Waals surface area contributed by atoms with Gasteiger partial charge in [-0.3, -0.25) is 33.9 Å². The molecule has 11 nitrogen and oxygen atoms in total. The number of nitrogens with one attached hydrogen (secondary N) is 1. The zero-order valence-corrected chi connectivity index (χ0v) is 30.8. The number of benzene rings is 2. The summed E-state index contributed by atoms with van der Waals surface area (Å²) < 4.78 is 3.97. The van der Waals surface area contributed by atoms with Gasteiger partial charge in [-0.05, 0) is 69.0 Å². The number of unbranched alkanes of at least 4 members (excludes halogenated alkanes) is 1. The van der Waals surface area contributed by atoms with Crippen LogP contribution in [0.5, 0.6) is 0 Å². The third kappa shape index (κ3) is 6.45. The Morgan fingerprint density at radius 1 is 1.04 bits per heavy atom. The Hall–Kier alpha value is -5.82. The van der Waals surface area contributed by atoms with Gasteiger partial charge in [0.25, 0.3) is 5.91 Å². The summed E-state index contributed by atoms with van der Waals surface area (Å²) >= 11 is 7.83. The van der Waals surface area contributed by atoms with E-state index in [9.17, 15) is 14.4 Å². The van der Waals surface area contributed by atoms with Crippen molar-refractivity contribution in [3.63, 3.8) is 0 Å². The summed E-state index contributed by atoms with van der Waals surface area (Å²) in [6.45, 7) is 7.04. The SMILES string of the molecule is Cc1c(C#Cc2cnn(CCCC#Cc3cccc4c3CN(C3CCC(=O)NC3=O)C4=O)c2)sc2c1C(c1ccc(Cl)cc1)=N[C@@H](C)c1nnc(C)n1-2. The van der Waals surface area contributed by atoms with Crippen LogP contribution in [0.1, 0.15) is 98.9 Å². The second-order valence-corrected chi connectivity index (χ2v) is 14.7. The molecule has 3 aliphatic rings. The highest BCUT2D eigenvalue weighted by atomic mass is 35.5. The van der Waals surface area contributed by atoms with Crippen molar-refractivity contribution in [1.29, 1.82) is 0 Å². The van der Waals surface area contributed by atoms with E-state index in [1.165, 1.54) is 0 Å². The van der Waals surface area contributed by atoms with Crippen LogP contribution >= 0.6 is 22.9 Å². The van der Waals surface area contributed by atoms with E-state index >= 15 is 0 Å². The molecular formula is C40H33ClN8O3S. The number of hydrogen-bond donors (Lipinski definition) is 1. The molecule has 2 aromatic carbocycles. The number of halogens is 1. The number of amides is 3. The number of rotatable bonds is 5. The molecule has 3 amide bonds. The Morgan fingerprint density at radius 3 is 2.68 bits per heavy atom. The third-order valence-electron chi connectivity index (χ3n) is 9.68. The van der Waals surface area contributed by atoms with Crippen molar-refractivity contribution >= 4 is 46.4 Å². The van der Waals surface area contributed by atoms with Gasteiger partial charge in [-0.2, -0.15) is 5.10 Å². The van der Waals surface area contributed by atoms with Crippen LogP contribution in [0, 0.1) is 37.5 Å². The highest BCUT2D eigenvalue weighted by molar-refractivity contribution is 7.15. The second-order valence-electron chi connectivity index (χ2n) is 13.2. The van der Waals surface area contributed by atoms with Gasteiger partial charge in [0, 0.05) is 59.4 Å². The van der Waals surface area contributed by atoms with E-state index in [2.05, 4.69) is 55.8 Å². The zero-order valence-electron chi connectivity index (χ0n) is 29.2. The first-order valence-corrected chi connectivity index (χ1v) is 18.6. The van der Waals surface area contributed by atoms with Gasteiger partial charge in [-0.1, -0.05) is 53.5 Å². The number of carbonyl (C=O) groups is 3. The molecule has 3 aromatic heterocycles. The number of imide groups is 1. The van der Waals surface area contributed by atoms with Crippen molar-refractivity contribution < 1.29 is 14.4 Å². The van der Waals surface area contributed by atoms with Crippen LogP contribution in [0.4, 0.5) is 0 Å². The van der Waals surface area contributed by atoms with Gasteiger partial charge in [0.1, 0.15) is 22.9 Å². The van der Waals surface area contributed by atoms with Gasteiger partial charge in [-0.25, -0.2) is 0 Å². The first-order chi connectivity index (χ1) is 25.7. The Kier molecular flexibility index (Phi) is 9.03. The van der Waals surface area contributed by atoms with Crippen molar-refractivity contribution in [3.05, 3.63) is 115 Å². The maximum absolute atomic E-state index is 13.1. The van der Waals surface area contributed by atoms with E-state index in [0.29, 0.717) is 36.5 Å². The molecule has 2 atom stereocenters. The van der Waals surface area contributed by atoms with Crippen LogP contribution in [0.2, 0.25) is 5.02 Å². The maximum atomic E-state index is 13.1. The Bertz CT molecular complexity index is 2490. The minimum absolute atomic E-state index is 0.185. The molecule has 6 heterocycles. The summed E-state index contributed by atoms with van der Waals surface area (Å²) in [6, 6.07) is 12.4. The van der Waals surface area contributed by atoms with Crippen LogP contribution in [-0.4, -0.2) is 58.9 Å². The fourth-order valence-corrected chi connectivity index (χ4v) is 8.31. The van der Waals surface area contributed by atoms with Crippen LogP contribution < -0.4 is 5.32 Å². The van der Waals surface area contributed by atoms with Gasteiger partial charge in [0.2, 0.25) is 11.8 Å². The Morgan fingerprint density at radius 2 is 1.87 bits per heavy atom. The summed E-state index contributed by atoms with van der Waals surface area (Å²) in [5.41, 5.74) is 6.89. The number of aryl methyl sites for hydroxylation is 2. The first kappa shape index (κ1) is 34.3. The lowest BCUT2D eigenvalue weighted by atomic mass is 9.99. The average molecular weight is 741 g/mol. The number of hydrogen-bond acceptors (Lipinski definition) is 8. The minimum atomic E-state index is -0.653. The molecule has 3 aliphatic heterocycles. The summed E-state index contributed by atoms with van der Waals surface area (Å²) in [5.74, 6) is 13.8. The van der Waals surface area contributed by atoms with E-state index in [0.717, 1.165) is 67.0 Å². The maximum Gasteiger partial charge on any atom is 0.255 e. The molecule has 0 aliphatic carbocycles. The summed E-state index contributed by atoms with van der Waals surface area (Å²) in [4.78, 5) is 44.8. The number of fused-ring (bicyclic) bond motifs is 4. The van der Waals surface area contributed by atoms with Crippen LogP contribution in [0.3, 0.4) is 0 Å². The topological polar surface area (TPSA) is 127 Å². The molecule has 0 radical (unpaired) electrons. The van der Waals surface area contributed by atoms with E-state index in [4.69, 9.17) is 16.6 Å². The van der Waals surface area contributed by atoms with E-state index in [1.54, 1.807) is 28.5 Å². The quantitative estimate of drug-likeness (QED) is 0.140. The van der Waals surface area contributed by atoms with Gasteiger partial charge >= 0.3 is 0 Å². The fraction of sp³-hybridized carbons (Fsp3) is 0.275. The highest BCUT2D eigenvalue weighted by Gasteiger charge is 2.39. The summed E-state index contributed by atoms with van der Waals surface area (Å²) in [7, 11) is 0. The average Bonchev–Trinajstić information content (AvgIpc) is 3.90. The summed E-state index contributed by atoms with van der Waals surface area (Å²) in [6.07, 6.45) is 5.67. The Labute approximate surface area is 315 Å². The number of aliphatic imine (C=N–C) groups is 1. The number of nitrogens with zero attached hydrogens (tertiary/aromatic N) is 7. The highest BCUT2D eigenvalue weighted by Crippen LogP contribution is 2.39. The van der Waals surface area contributed by atoms with Crippen LogP contribution in [0.25, 0.3) is 5.00 Å². The van der Waals surface area contributed by atoms with Crippen LogP contribution in [-0.2, 0) is 22.7 Å². The number of carbonyl (C=O) groups excluding carboxylic acids is 3. The van der Waals surface area contributed by atoms with Gasteiger partial charge in [0.15, 0.2) is 5.82 Å². The van der Waals surface area contributed by atoms with Gasteiger partial charge in [-0.15, -0.1) is 21.5 Å². The third-order valence-corrected chi connectivity index (χ3v) is 11.1. The van der Waals surface area contributed by atoms with Gasteiger partial charge < -0.3 is 4.90 Å². The standard InChI is InChI=1S/C40H33ClN8O3S/c1-23-33(53-40-35(23)36(28-12-14-29(41)15-13-28)43-24(2)37-46-45-25(3)49(37)40)17-11-26-20-42-47(21-26)19-6-4-5-8-27-9-7-10-30-31(27)22-48(39(30)52)32-16-18-34(50)44-38(32)51/h7,9-10,12-15,20-21,24,32H,4,6,16,18-19,22H2,1-3H3,(H,44,50,51)/t24-,32?/m0/s1. The smallest absolute Gasteiger partial charge is 0.255 e. The molecule has 0 spiro atoms. The molecule has 0 bridgehead atoms. The lowest BCUT2D eigenvalue weighted by Gasteiger charge is -2.29. The van der Waals surface area contributed by atoms with Crippen molar-refractivity contribution in [2.24, 2.45) is 4.99 Å². The molecular weight excluding hydrogens is 708 g/mol. The number of thiophene rings is 1. The van der Waals surface area contributed by atoms with Gasteiger partial charge in [0.05, 0.1) is 22.3 Å². The van der Waals surface area contributed by atoms with Crippen molar-refractivity contribution in [2.45, 2.75) is 71.6 Å². The number of piperidine rings is 1. The fourth-order valence-electron chi connectivity index (χ4n) is 6.97. The predicted molar refractivity (Wildman–Crippen MR) is 201 cm³/mol. The van der Waals surface area contributed by atoms with Crippen LogP contribution in [0.15, 0.2) is 59.9 Å². The summed E-state index contributed by atoms with van der Waals surface area (Å²) in [5, 5.41) is 17.4. The first-order valence-electron chi connectivity index (χ1n) is 17.4. The molecule has 1 saturated heterocycles. The molecule has 53 heavy (non-hydrogen) atoms. The van der Waals surface area contributed by atoms with E-state index in [-0.39, 0.29) is 24.3 Å². The van der Waals surface area contributed by atoms with E-state index < -0.39 is 11.9 Å². The molecule has 13 heteroatoms. The molecule has 5 aromatic rings. The predicted octanol–water partition coefficient (Wildman–Crippen LogP) is 5.70. The Balaban J connectivity index is 0.951. The van der Waals surface area contributed by atoms with Crippen molar-refractivity contribution in [1.82, 2.24) is 34.8 Å². The largest absolute Gasteiger partial charge is 0.322 e. The second kappa shape index (κ2) is 14.0. The normalized spacial score (nSPS) is 17.5. The zero-order chi connectivity index (χ0) is 36.8. The molecule has 1 unspecified atom stereocenters. The van der Waals surface area contributed by atoms with E-state index in [1.807, 2.05) is 61.1 Å². The molecule has 1 fully saturated rings. The van der Waals surface area contributed by atoms with Crippen molar-refractivity contribution in [2.75, 3.05) is 0 Å². The number of aromatic nitrogens is 5. The minimum Gasteiger partial charge on any atom is -0.322 e. The molecule has 264 valence electrons. The molecule has 0 saturated carbocycles. The lowest BCUT2D eigenvalue weighted by molar-refractivity contribution is -0.136. The lowest BCUT2D eigenvalue weighted by Crippen LogP contribution is -2.52.